The van der Waals surface area contributed by atoms with Crippen LogP contribution in [0.1, 0.15) is 10.4 Å². The quantitative estimate of drug-likeness (QED) is 0.470. The standard InChI is InChI=1S/C10H10Cl2N2O4/c11-5-2-1-3-7(8(5)10(17)18)14-13-4-6(12)9(15)16/h1-3,6,13-14H,4H2,(H,15,16)(H,17,18). The van der Waals surface area contributed by atoms with Crippen molar-refractivity contribution in [2.24, 2.45) is 0 Å². The molecule has 0 aliphatic carbocycles. The lowest BCUT2D eigenvalue weighted by atomic mass is 10.2. The summed E-state index contributed by atoms with van der Waals surface area (Å²) in [5, 5.41) is 16.5. The molecule has 0 heterocycles. The summed E-state index contributed by atoms with van der Waals surface area (Å²) in [6, 6.07) is 4.50. The van der Waals surface area contributed by atoms with Crippen molar-refractivity contribution < 1.29 is 19.8 Å². The van der Waals surface area contributed by atoms with Gasteiger partial charge in [0.15, 0.2) is 0 Å². The molecule has 0 saturated carbocycles. The molecule has 4 N–H and O–H groups in total. The lowest BCUT2D eigenvalue weighted by Crippen LogP contribution is -2.33. The first-order valence-corrected chi connectivity index (χ1v) is 5.62. The SMILES string of the molecule is O=C(O)c1c(Cl)cccc1NNCC(Cl)C(=O)O. The molecule has 0 fully saturated rings. The molecule has 6 nitrogen and oxygen atoms in total. The molecule has 0 aliphatic rings. The molecule has 0 aliphatic heterocycles. The van der Waals surface area contributed by atoms with Crippen LogP contribution in [0.3, 0.4) is 0 Å². The Morgan fingerprint density at radius 2 is 2.00 bits per heavy atom. The summed E-state index contributed by atoms with van der Waals surface area (Å²) in [4.78, 5) is 21.4. The zero-order valence-electron chi connectivity index (χ0n) is 8.98. The molecule has 1 rings (SSSR count). The summed E-state index contributed by atoms with van der Waals surface area (Å²) >= 11 is 11.2. The predicted molar refractivity (Wildman–Crippen MR) is 67.3 cm³/mol. The molecule has 1 aromatic carbocycles. The smallest absolute Gasteiger partial charge is 0.339 e. The Morgan fingerprint density at radius 1 is 1.33 bits per heavy atom. The summed E-state index contributed by atoms with van der Waals surface area (Å²) in [6.07, 6.45) is 0. The van der Waals surface area contributed by atoms with Gasteiger partial charge in [-0.15, -0.1) is 11.6 Å². The topological polar surface area (TPSA) is 98.7 Å². The lowest BCUT2D eigenvalue weighted by molar-refractivity contribution is -0.136. The van der Waals surface area contributed by atoms with Gasteiger partial charge in [0.1, 0.15) is 10.9 Å². The highest BCUT2D eigenvalue weighted by Crippen LogP contribution is 2.23. The van der Waals surface area contributed by atoms with E-state index >= 15 is 0 Å². The number of hydrogen-bond acceptors (Lipinski definition) is 4. The largest absolute Gasteiger partial charge is 0.480 e. The molecule has 0 bridgehead atoms. The van der Waals surface area contributed by atoms with Crippen LogP contribution in [-0.4, -0.2) is 34.1 Å². The minimum absolute atomic E-state index is 0.0787. The fourth-order valence-corrected chi connectivity index (χ4v) is 1.50. The summed E-state index contributed by atoms with van der Waals surface area (Å²) < 4.78 is 0. The van der Waals surface area contributed by atoms with E-state index in [0.29, 0.717) is 0 Å². The number of hydrazine groups is 1. The number of hydrogen-bond donors (Lipinski definition) is 4. The van der Waals surface area contributed by atoms with Crippen molar-refractivity contribution in [1.82, 2.24) is 5.43 Å². The summed E-state index contributed by atoms with van der Waals surface area (Å²) in [7, 11) is 0. The van der Waals surface area contributed by atoms with E-state index in [2.05, 4.69) is 10.9 Å². The second-order valence-electron chi connectivity index (χ2n) is 3.28. The first-order chi connectivity index (χ1) is 8.43. The van der Waals surface area contributed by atoms with E-state index < -0.39 is 17.3 Å². The van der Waals surface area contributed by atoms with Crippen LogP contribution in [0.15, 0.2) is 18.2 Å². The van der Waals surface area contributed by atoms with E-state index in [4.69, 9.17) is 33.4 Å². The lowest BCUT2D eigenvalue weighted by Gasteiger charge is -2.12. The number of carboxylic acids is 2. The minimum Gasteiger partial charge on any atom is -0.480 e. The van der Waals surface area contributed by atoms with Gasteiger partial charge in [0.05, 0.1) is 10.7 Å². The van der Waals surface area contributed by atoms with E-state index in [1.807, 2.05) is 0 Å². The number of halogens is 2. The van der Waals surface area contributed by atoms with Crippen LogP contribution in [0.25, 0.3) is 0 Å². The first-order valence-electron chi connectivity index (χ1n) is 4.81. The second-order valence-corrected chi connectivity index (χ2v) is 4.21. The van der Waals surface area contributed by atoms with Gasteiger partial charge in [0.2, 0.25) is 0 Å². The van der Waals surface area contributed by atoms with E-state index in [-0.39, 0.29) is 22.8 Å². The molecule has 18 heavy (non-hydrogen) atoms. The molecule has 0 aromatic heterocycles. The van der Waals surface area contributed by atoms with Gasteiger partial charge in [-0.25, -0.2) is 10.2 Å². The average Bonchev–Trinajstić information content (AvgIpc) is 2.28. The molecular weight excluding hydrogens is 283 g/mol. The van der Waals surface area contributed by atoms with E-state index in [1.165, 1.54) is 12.1 Å². The number of carbonyl (C=O) groups is 2. The minimum atomic E-state index is -1.19. The zero-order valence-corrected chi connectivity index (χ0v) is 10.5. The Labute approximate surface area is 112 Å². The van der Waals surface area contributed by atoms with Gasteiger partial charge in [0, 0.05) is 6.54 Å². The Bertz CT molecular complexity index is 467. The Kier molecular flexibility index (Phi) is 5.21. The summed E-state index contributed by atoms with van der Waals surface area (Å²) in [6.45, 7) is -0.0809. The molecule has 0 spiro atoms. The van der Waals surface area contributed by atoms with Crippen LogP contribution in [0.4, 0.5) is 5.69 Å². The molecule has 0 radical (unpaired) electrons. The number of aliphatic carboxylic acids is 1. The van der Waals surface area contributed by atoms with Gasteiger partial charge in [-0.05, 0) is 12.1 Å². The Hall–Kier alpha value is -1.50. The molecule has 0 saturated heterocycles. The maximum absolute atomic E-state index is 11.0. The molecule has 1 aromatic rings. The van der Waals surface area contributed by atoms with Crippen molar-refractivity contribution in [3.63, 3.8) is 0 Å². The predicted octanol–water partition coefficient (Wildman–Crippen LogP) is 1.65. The molecular formula is C10H10Cl2N2O4. The van der Waals surface area contributed by atoms with Gasteiger partial charge >= 0.3 is 11.9 Å². The average molecular weight is 293 g/mol. The van der Waals surface area contributed by atoms with Gasteiger partial charge in [-0.2, -0.15) is 0 Å². The number of aromatic carboxylic acids is 1. The van der Waals surface area contributed by atoms with Crippen LogP contribution in [0.5, 0.6) is 0 Å². The highest BCUT2D eigenvalue weighted by atomic mass is 35.5. The number of benzene rings is 1. The van der Waals surface area contributed by atoms with Crippen molar-refractivity contribution in [3.05, 3.63) is 28.8 Å². The normalized spacial score (nSPS) is 11.9. The second kappa shape index (κ2) is 6.44. The van der Waals surface area contributed by atoms with E-state index in [1.54, 1.807) is 6.07 Å². The van der Waals surface area contributed by atoms with E-state index in [9.17, 15) is 9.59 Å². The van der Waals surface area contributed by atoms with Crippen LogP contribution >= 0.6 is 23.2 Å². The highest BCUT2D eigenvalue weighted by Gasteiger charge is 2.16. The van der Waals surface area contributed by atoms with Gasteiger partial charge < -0.3 is 15.6 Å². The summed E-state index contributed by atoms with van der Waals surface area (Å²) in [5.41, 5.74) is 5.20. The molecule has 8 heteroatoms. The maximum atomic E-state index is 11.0. The van der Waals surface area contributed by atoms with Crippen molar-refractivity contribution >= 4 is 40.8 Å². The van der Waals surface area contributed by atoms with Crippen molar-refractivity contribution in [1.29, 1.82) is 0 Å². The zero-order chi connectivity index (χ0) is 13.7. The third kappa shape index (κ3) is 3.76. The molecule has 98 valence electrons. The van der Waals surface area contributed by atoms with Gasteiger partial charge in [0.25, 0.3) is 0 Å². The van der Waals surface area contributed by atoms with Gasteiger partial charge in [-0.1, -0.05) is 17.7 Å². The van der Waals surface area contributed by atoms with Crippen molar-refractivity contribution in [3.8, 4) is 0 Å². The van der Waals surface area contributed by atoms with Crippen molar-refractivity contribution in [2.75, 3.05) is 12.0 Å². The van der Waals surface area contributed by atoms with Crippen LogP contribution in [-0.2, 0) is 4.79 Å². The van der Waals surface area contributed by atoms with Crippen LogP contribution in [0, 0.1) is 0 Å². The van der Waals surface area contributed by atoms with E-state index in [0.717, 1.165) is 0 Å². The maximum Gasteiger partial charge on any atom is 0.339 e. The number of rotatable bonds is 6. The number of alkyl halides is 1. The monoisotopic (exact) mass is 292 g/mol. The third-order valence-corrected chi connectivity index (χ3v) is 2.66. The number of nitrogens with one attached hydrogen (secondary N) is 2. The molecule has 1 atom stereocenters. The Balaban J connectivity index is 2.71. The third-order valence-electron chi connectivity index (χ3n) is 2.00. The van der Waals surface area contributed by atoms with Crippen molar-refractivity contribution in [2.45, 2.75) is 5.38 Å². The fourth-order valence-electron chi connectivity index (χ4n) is 1.17. The first kappa shape index (κ1) is 14.6. The Morgan fingerprint density at radius 3 is 2.56 bits per heavy atom. The van der Waals surface area contributed by atoms with Crippen LogP contribution < -0.4 is 10.9 Å². The number of carboxylic acid groups (broad SMARTS) is 2. The van der Waals surface area contributed by atoms with Crippen LogP contribution in [0.2, 0.25) is 5.02 Å². The molecule has 0 amide bonds. The van der Waals surface area contributed by atoms with Gasteiger partial charge in [-0.3, -0.25) is 4.79 Å². The highest BCUT2D eigenvalue weighted by molar-refractivity contribution is 6.34. The fraction of sp³-hybridized carbons (Fsp3) is 0.200. The summed E-state index contributed by atoms with van der Waals surface area (Å²) in [5.74, 6) is -2.36. The number of anilines is 1. The molecule has 1 unspecified atom stereocenters.